The molecule has 1 saturated carbocycles. The van der Waals surface area contributed by atoms with Gasteiger partial charge in [0.1, 0.15) is 0 Å². The fourth-order valence-electron chi connectivity index (χ4n) is 2.69. The van der Waals surface area contributed by atoms with E-state index in [1.54, 1.807) is 0 Å². The predicted octanol–water partition coefficient (Wildman–Crippen LogP) is 2.60. The SMILES string of the molecule is CCC(CO)NC1CC(c2ccccc2C)C1. The van der Waals surface area contributed by atoms with Crippen LogP contribution in [0.1, 0.15) is 43.2 Å². The van der Waals surface area contributed by atoms with Crippen molar-refractivity contribution >= 4 is 0 Å². The summed E-state index contributed by atoms with van der Waals surface area (Å²) < 4.78 is 0. The maximum absolute atomic E-state index is 9.16. The Morgan fingerprint density at radius 3 is 2.65 bits per heavy atom. The Balaban J connectivity index is 1.85. The fraction of sp³-hybridized carbons (Fsp3) is 0.600. The molecule has 0 amide bonds. The van der Waals surface area contributed by atoms with Crippen molar-refractivity contribution in [3.05, 3.63) is 35.4 Å². The van der Waals surface area contributed by atoms with Crippen LogP contribution in [-0.4, -0.2) is 23.8 Å². The van der Waals surface area contributed by atoms with Crippen LogP contribution in [0.4, 0.5) is 0 Å². The molecule has 1 aliphatic carbocycles. The first-order valence-corrected chi connectivity index (χ1v) is 6.67. The molecule has 94 valence electrons. The number of aryl methyl sites for hydroxylation is 1. The molecule has 1 aromatic carbocycles. The third-order valence-electron chi connectivity index (χ3n) is 3.95. The van der Waals surface area contributed by atoms with Crippen LogP contribution in [0.2, 0.25) is 0 Å². The summed E-state index contributed by atoms with van der Waals surface area (Å²) in [6, 6.07) is 9.55. The number of aliphatic hydroxyl groups excluding tert-OH is 1. The summed E-state index contributed by atoms with van der Waals surface area (Å²) in [5.74, 6) is 0.713. The Bertz CT molecular complexity index is 354. The van der Waals surface area contributed by atoms with E-state index in [0.717, 1.165) is 6.42 Å². The van der Waals surface area contributed by atoms with Gasteiger partial charge in [0, 0.05) is 12.1 Å². The second-order valence-corrected chi connectivity index (χ2v) is 5.18. The molecule has 1 unspecified atom stereocenters. The van der Waals surface area contributed by atoms with E-state index in [0.29, 0.717) is 12.0 Å². The van der Waals surface area contributed by atoms with Crippen LogP contribution in [0.5, 0.6) is 0 Å². The van der Waals surface area contributed by atoms with E-state index in [9.17, 15) is 0 Å². The molecule has 2 nitrogen and oxygen atoms in total. The molecular weight excluding hydrogens is 210 g/mol. The first-order valence-electron chi connectivity index (χ1n) is 6.67. The van der Waals surface area contributed by atoms with Gasteiger partial charge in [0.15, 0.2) is 0 Å². The molecule has 0 heterocycles. The molecule has 0 aliphatic heterocycles. The van der Waals surface area contributed by atoms with E-state index >= 15 is 0 Å². The molecule has 1 aliphatic rings. The molecule has 17 heavy (non-hydrogen) atoms. The van der Waals surface area contributed by atoms with Gasteiger partial charge in [0.05, 0.1) is 6.61 Å². The monoisotopic (exact) mass is 233 g/mol. The minimum atomic E-state index is 0.252. The normalized spacial score (nSPS) is 25.4. The summed E-state index contributed by atoms with van der Waals surface area (Å²) in [6.07, 6.45) is 3.42. The number of hydrogen-bond donors (Lipinski definition) is 2. The van der Waals surface area contributed by atoms with Crippen molar-refractivity contribution in [1.82, 2.24) is 5.32 Å². The summed E-state index contributed by atoms with van der Waals surface area (Å²) in [6.45, 7) is 4.56. The highest BCUT2D eigenvalue weighted by Crippen LogP contribution is 2.38. The molecule has 0 saturated heterocycles. The largest absolute Gasteiger partial charge is 0.395 e. The molecular formula is C15H23NO. The Hall–Kier alpha value is -0.860. The standard InChI is InChI=1S/C15H23NO/c1-3-13(10-17)16-14-8-12(9-14)15-7-5-4-6-11(15)2/h4-7,12-14,16-17H,3,8-10H2,1-2H3. The van der Waals surface area contributed by atoms with Crippen LogP contribution < -0.4 is 5.32 Å². The molecule has 0 spiro atoms. The van der Waals surface area contributed by atoms with Gasteiger partial charge in [-0.1, -0.05) is 31.2 Å². The van der Waals surface area contributed by atoms with E-state index in [1.165, 1.54) is 24.0 Å². The second-order valence-electron chi connectivity index (χ2n) is 5.18. The Labute approximate surface area is 104 Å². The van der Waals surface area contributed by atoms with E-state index in [4.69, 9.17) is 5.11 Å². The van der Waals surface area contributed by atoms with Crippen molar-refractivity contribution in [2.75, 3.05) is 6.61 Å². The molecule has 0 aromatic heterocycles. The summed E-state index contributed by atoms with van der Waals surface area (Å²) in [5.41, 5.74) is 2.91. The van der Waals surface area contributed by atoms with Crippen molar-refractivity contribution in [1.29, 1.82) is 0 Å². The Morgan fingerprint density at radius 2 is 2.06 bits per heavy atom. The van der Waals surface area contributed by atoms with E-state index in [2.05, 4.69) is 43.4 Å². The molecule has 2 heteroatoms. The van der Waals surface area contributed by atoms with Crippen molar-refractivity contribution in [3.8, 4) is 0 Å². The lowest BCUT2D eigenvalue weighted by Gasteiger charge is -2.39. The summed E-state index contributed by atoms with van der Waals surface area (Å²) >= 11 is 0. The van der Waals surface area contributed by atoms with Gasteiger partial charge in [-0.3, -0.25) is 0 Å². The molecule has 0 bridgehead atoms. The average molecular weight is 233 g/mol. The summed E-state index contributed by atoms with van der Waals surface area (Å²) in [5, 5.41) is 12.7. The molecule has 1 atom stereocenters. The van der Waals surface area contributed by atoms with Crippen LogP contribution in [0.3, 0.4) is 0 Å². The van der Waals surface area contributed by atoms with Crippen molar-refractivity contribution in [2.24, 2.45) is 0 Å². The minimum Gasteiger partial charge on any atom is -0.395 e. The second kappa shape index (κ2) is 5.65. The maximum Gasteiger partial charge on any atom is 0.0584 e. The zero-order valence-corrected chi connectivity index (χ0v) is 10.8. The molecule has 1 fully saturated rings. The van der Waals surface area contributed by atoms with Crippen molar-refractivity contribution in [2.45, 2.75) is 51.1 Å². The van der Waals surface area contributed by atoms with Gasteiger partial charge in [-0.2, -0.15) is 0 Å². The summed E-state index contributed by atoms with van der Waals surface area (Å²) in [7, 11) is 0. The predicted molar refractivity (Wildman–Crippen MR) is 71.2 cm³/mol. The van der Waals surface area contributed by atoms with Crippen LogP contribution in [0.25, 0.3) is 0 Å². The smallest absolute Gasteiger partial charge is 0.0584 e. The fourth-order valence-corrected chi connectivity index (χ4v) is 2.69. The van der Waals surface area contributed by atoms with Gasteiger partial charge in [-0.05, 0) is 43.2 Å². The third kappa shape index (κ3) is 2.88. The molecule has 1 aromatic rings. The van der Waals surface area contributed by atoms with E-state index in [-0.39, 0.29) is 12.6 Å². The van der Waals surface area contributed by atoms with Crippen LogP contribution in [0.15, 0.2) is 24.3 Å². The number of hydrogen-bond acceptors (Lipinski definition) is 2. The quantitative estimate of drug-likeness (QED) is 0.819. The topological polar surface area (TPSA) is 32.3 Å². The highest BCUT2D eigenvalue weighted by atomic mass is 16.3. The minimum absolute atomic E-state index is 0.252. The first-order chi connectivity index (χ1) is 8.24. The lowest BCUT2D eigenvalue weighted by Crippen LogP contribution is -2.46. The van der Waals surface area contributed by atoms with Gasteiger partial charge in [0.25, 0.3) is 0 Å². The molecule has 2 rings (SSSR count). The van der Waals surface area contributed by atoms with Gasteiger partial charge in [-0.25, -0.2) is 0 Å². The van der Waals surface area contributed by atoms with Gasteiger partial charge in [-0.15, -0.1) is 0 Å². The number of aliphatic hydroxyl groups is 1. The van der Waals surface area contributed by atoms with Crippen LogP contribution in [0, 0.1) is 6.92 Å². The van der Waals surface area contributed by atoms with Crippen LogP contribution in [-0.2, 0) is 0 Å². The lowest BCUT2D eigenvalue weighted by atomic mass is 9.74. The number of benzene rings is 1. The first kappa shape index (κ1) is 12.6. The van der Waals surface area contributed by atoms with Gasteiger partial charge >= 0.3 is 0 Å². The van der Waals surface area contributed by atoms with E-state index in [1.807, 2.05) is 0 Å². The average Bonchev–Trinajstić information content (AvgIpc) is 2.30. The summed E-state index contributed by atoms with van der Waals surface area (Å²) in [4.78, 5) is 0. The van der Waals surface area contributed by atoms with Crippen molar-refractivity contribution < 1.29 is 5.11 Å². The number of rotatable bonds is 5. The Morgan fingerprint density at radius 1 is 1.35 bits per heavy atom. The van der Waals surface area contributed by atoms with E-state index < -0.39 is 0 Å². The highest BCUT2D eigenvalue weighted by Gasteiger charge is 2.31. The molecule has 0 radical (unpaired) electrons. The zero-order chi connectivity index (χ0) is 12.3. The van der Waals surface area contributed by atoms with Gasteiger partial charge < -0.3 is 10.4 Å². The van der Waals surface area contributed by atoms with Gasteiger partial charge in [0.2, 0.25) is 0 Å². The Kier molecular flexibility index (Phi) is 4.19. The third-order valence-corrected chi connectivity index (χ3v) is 3.95. The van der Waals surface area contributed by atoms with Crippen molar-refractivity contribution in [3.63, 3.8) is 0 Å². The highest BCUT2D eigenvalue weighted by molar-refractivity contribution is 5.31. The lowest BCUT2D eigenvalue weighted by molar-refractivity contribution is 0.193. The molecule has 2 N–H and O–H groups in total. The van der Waals surface area contributed by atoms with Crippen LogP contribution >= 0.6 is 0 Å². The number of nitrogens with one attached hydrogen (secondary N) is 1. The zero-order valence-electron chi connectivity index (χ0n) is 10.8. The maximum atomic E-state index is 9.16.